The second kappa shape index (κ2) is 8.62. The van der Waals surface area contributed by atoms with E-state index in [9.17, 15) is 13.2 Å². The zero-order chi connectivity index (χ0) is 20.1. The van der Waals surface area contributed by atoms with Gasteiger partial charge in [0, 0.05) is 20.1 Å². The number of sulfonamides is 1. The molecule has 0 saturated heterocycles. The van der Waals surface area contributed by atoms with Crippen LogP contribution < -0.4 is 9.47 Å². The molecule has 8 heteroatoms. The molecule has 0 bridgehead atoms. The number of ether oxygens (including phenoxy) is 2. The quantitative estimate of drug-likeness (QED) is 0.707. The molecule has 0 atom stereocenters. The van der Waals surface area contributed by atoms with E-state index in [-0.39, 0.29) is 17.3 Å². The molecule has 1 aliphatic heterocycles. The van der Waals surface area contributed by atoms with Crippen LogP contribution in [-0.2, 0) is 21.4 Å². The van der Waals surface area contributed by atoms with Crippen LogP contribution in [0.25, 0.3) is 0 Å². The van der Waals surface area contributed by atoms with Crippen LogP contribution in [-0.4, -0.2) is 56.9 Å². The molecular weight excluding hydrogens is 380 g/mol. The van der Waals surface area contributed by atoms with Crippen LogP contribution in [0.3, 0.4) is 0 Å². The van der Waals surface area contributed by atoms with E-state index in [4.69, 9.17) is 9.47 Å². The molecule has 1 amide bonds. The average Bonchev–Trinajstić information content (AvgIpc) is 2.72. The highest BCUT2D eigenvalue weighted by Gasteiger charge is 2.25. The summed E-state index contributed by atoms with van der Waals surface area (Å²) in [6, 6.07) is 13.7. The maximum Gasteiger partial charge on any atom is 0.243 e. The minimum absolute atomic E-state index is 0.167. The van der Waals surface area contributed by atoms with Gasteiger partial charge in [0.05, 0.1) is 11.4 Å². The van der Waals surface area contributed by atoms with Gasteiger partial charge in [-0.15, -0.1) is 0 Å². The van der Waals surface area contributed by atoms with Gasteiger partial charge < -0.3 is 14.4 Å². The summed E-state index contributed by atoms with van der Waals surface area (Å²) in [6.45, 7) is 3.48. The van der Waals surface area contributed by atoms with E-state index in [0.717, 1.165) is 9.87 Å². The first-order chi connectivity index (χ1) is 13.4. The first-order valence-electron chi connectivity index (χ1n) is 9.09. The second-order valence-corrected chi connectivity index (χ2v) is 8.50. The van der Waals surface area contributed by atoms with Crippen LogP contribution in [0, 0.1) is 0 Å². The summed E-state index contributed by atoms with van der Waals surface area (Å²) in [5.41, 5.74) is 0.896. The maximum absolute atomic E-state index is 12.7. The van der Waals surface area contributed by atoms with Gasteiger partial charge in [-0.25, -0.2) is 8.42 Å². The van der Waals surface area contributed by atoms with Crippen molar-refractivity contribution in [3.8, 4) is 11.5 Å². The molecular formula is C20H24N2O5S. The minimum atomic E-state index is -3.71. The highest BCUT2D eigenvalue weighted by molar-refractivity contribution is 7.89. The molecule has 2 aromatic rings. The Morgan fingerprint density at radius 1 is 1.04 bits per heavy atom. The Hall–Kier alpha value is -2.58. The lowest BCUT2D eigenvalue weighted by Crippen LogP contribution is -2.40. The molecule has 150 valence electrons. The van der Waals surface area contributed by atoms with E-state index in [2.05, 4.69) is 0 Å². The predicted octanol–water partition coefficient (Wildman–Crippen LogP) is 2.13. The number of rotatable bonds is 7. The van der Waals surface area contributed by atoms with E-state index in [1.54, 1.807) is 23.1 Å². The molecule has 0 N–H and O–H groups in total. The number of nitrogens with zero attached hydrogens (tertiary/aromatic N) is 2. The van der Waals surface area contributed by atoms with Crippen LogP contribution in [0.5, 0.6) is 11.5 Å². The van der Waals surface area contributed by atoms with Crippen LogP contribution in [0.2, 0.25) is 0 Å². The van der Waals surface area contributed by atoms with Crippen LogP contribution in [0.15, 0.2) is 53.4 Å². The van der Waals surface area contributed by atoms with Gasteiger partial charge in [0.1, 0.15) is 13.2 Å². The van der Waals surface area contributed by atoms with Crippen molar-refractivity contribution in [2.24, 2.45) is 0 Å². The van der Waals surface area contributed by atoms with Crippen molar-refractivity contribution in [1.82, 2.24) is 9.21 Å². The van der Waals surface area contributed by atoms with Crippen LogP contribution in [0.1, 0.15) is 12.5 Å². The molecule has 3 rings (SSSR count). The molecule has 0 aliphatic carbocycles. The summed E-state index contributed by atoms with van der Waals surface area (Å²) in [4.78, 5) is 14.5. The van der Waals surface area contributed by atoms with Crippen LogP contribution >= 0.6 is 0 Å². The van der Waals surface area contributed by atoms with E-state index in [1.807, 2.05) is 25.1 Å². The number of amides is 1. The fourth-order valence-corrected chi connectivity index (χ4v) is 4.07. The first kappa shape index (κ1) is 20.2. The van der Waals surface area contributed by atoms with E-state index >= 15 is 0 Å². The number of fused-ring (bicyclic) bond motifs is 1. The molecule has 0 unspecified atom stereocenters. The molecule has 1 heterocycles. The fourth-order valence-electron chi connectivity index (χ4n) is 2.93. The van der Waals surface area contributed by atoms with E-state index in [0.29, 0.717) is 37.8 Å². The third kappa shape index (κ3) is 4.45. The summed E-state index contributed by atoms with van der Waals surface area (Å²) < 4.78 is 37.4. The van der Waals surface area contributed by atoms with Gasteiger partial charge in [-0.2, -0.15) is 4.31 Å². The van der Waals surface area contributed by atoms with Crippen molar-refractivity contribution in [2.45, 2.75) is 18.4 Å². The van der Waals surface area contributed by atoms with Crippen molar-refractivity contribution < 1.29 is 22.7 Å². The van der Waals surface area contributed by atoms with Crippen molar-refractivity contribution in [2.75, 3.05) is 33.4 Å². The molecule has 0 spiro atoms. The summed E-state index contributed by atoms with van der Waals surface area (Å²) in [5, 5.41) is 0. The van der Waals surface area contributed by atoms with Gasteiger partial charge >= 0.3 is 0 Å². The Kier molecular flexibility index (Phi) is 6.21. The maximum atomic E-state index is 12.7. The number of likely N-dealkylation sites (N-methyl/N-ethyl adjacent to an activating group) is 2. The number of carbonyl (C=O) groups is 1. The molecule has 0 fully saturated rings. The van der Waals surface area contributed by atoms with Crippen molar-refractivity contribution in [1.29, 1.82) is 0 Å². The fraction of sp³-hybridized carbons (Fsp3) is 0.350. The lowest BCUT2D eigenvalue weighted by Gasteiger charge is -2.25. The molecule has 28 heavy (non-hydrogen) atoms. The summed E-state index contributed by atoms with van der Waals surface area (Å²) in [7, 11) is -2.30. The molecule has 2 aromatic carbocycles. The number of carbonyl (C=O) groups excluding carboxylic acids is 1. The zero-order valence-electron chi connectivity index (χ0n) is 16.0. The Morgan fingerprint density at radius 3 is 2.39 bits per heavy atom. The highest BCUT2D eigenvalue weighted by atomic mass is 32.2. The highest BCUT2D eigenvalue weighted by Crippen LogP contribution is 2.31. The third-order valence-corrected chi connectivity index (χ3v) is 6.34. The summed E-state index contributed by atoms with van der Waals surface area (Å²) >= 11 is 0. The first-order valence-corrected chi connectivity index (χ1v) is 10.5. The Balaban J connectivity index is 1.68. The number of benzene rings is 2. The Bertz CT molecular complexity index is 931. The van der Waals surface area contributed by atoms with Crippen molar-refractivity contribution in [3.05, 3.63) is 54.1 Å². The monoisotopic (exact) mass is 404 g/mol. The largest absolute Gasteiger partial charge is 0.486 e. The average molecular weight is 404 g/mol. The summed E-state index contributed by atoms with van der Waals surface area (Å²) in [6.07, 6.45) is 0. The smallest absolute Gasteiger partial charge is 0.243 e. The standard InChI is InChI=1S/C20H24N2O5S/c1-3-22(14-16-9-10-18-19(13-16)27-12-11-26-18)20(23)15-21(2)28(24,25)17-7-5-4-6-8-17/h4-10,13H,3,11-12,14-15H2,1-2H3. The number of hydrogen-bond donors (Lipinski definition) is 0. The van der Waals surface area contributed by atoms with Crippen molar-refractivity contribution in [3.63, 3.8) is 0 Å². The zero-order valence-corrected chi connectivity index (χ0v) is 16.8. The minimum Gasteiger partial charge on any atom is -0.486 e. The van der Waals surface area contributed by atoms with Crippen LogP contribution in [0.4, 0.5) is 0 Å². The normalized spacial score (nSPS) is 13.4. The van der Waals surface area contributed by atoms with E-state index in [1.165, 1.54) is 19.2 Å². The molecule has 7 nitrogen and oxygen atoms in total. The van der Waals surface area contributed by atoms with Gasteiger partial charge in [0.15, 0.2) is 11.5 Å². The lowest BCUT2D eigenvalue weighted by atomic mass is 10.1. The third-order valence-electron chi connectivity index (χ3n) is 4.52. The van der Waals surface area contributed by atoms with Crippen molar-refractivity contribution >= 4 is 15.9 Å². The van der Waals surface area contributed by atoms with Gasteiger partial charge in [-0.05, 0) is 36.8 Å². The van der Waals surface area contributed by atoms with E-state index < -0.39 is 10.0 Å². The Labute approximate surface area is 165 Å². The summed E-state index contributed by atoms with van der Waals surface area (Å²) in [5.74, 6) is 1.09. The van der Waals surface area contributed by atoms with Gasteiger partial charge in [-0.1, -0.05) is 24.3 Å². The molecule has 0 radical (unpaired) electrons. The predicted molar refractivity (Wildman–Crippen MR) is 105 cm³/mol. The lowest BCUT2D eigenvalue weighted by molar-refractivity contribution is -0.131. The van der Waals surface area contributed by atoms with Gasteiger partial charge in [0.2, 0.25) is 15.9 Å². The second-order valence-electron chi connectivity index (χ2n) is 6.46. The molecule has 0 saturated carbocycles. The van der Waals surface area contributed by atoms with Gasteiger partial charge in [0.25, 0.3) is 0 Å². The molecule has 1 aliphatic rings. The Morgan fingerprint density at radius 2 is 1.71 bits per heavy atom. The topological polar surface area (TPSA) is 76.2 Å². The molecule has 0 aromatic heterocycles. The SMILES string of the molecule is CCN(Cc1ccc2c(c1)OCCO2)C(=O)CN(C)S(=O)(=O)c1ccccc1. The number of hydrogen-bond acceptors (Lipinski definition) is 5. The van der Waals surface area contributed by atoms with Gasteiger partial charge in [-0.3, -0.25) is 4.79 Å².